The van der Waals surface area contributed by atoms with Crippen LogP contribution in [0.5, 0.6) is 5.75 Å². The Labute approximate surface area is 169 Å². The first-order valence-corrected chi connectivity index (χ1v) is 10.4. The number of fused-ring (bicyclic) bond motifs is 1. The van der Waals surface area contributed by atoms with Crippen molar-refractivity contribution in [2.45, 2.75) is 30.7 Å². The van der Waals surface area contributed by atoms with Crippen molar-refractivity contribution < 1.29 is 53.5 Å². The molecule has 1 fully saturated rings. The number of hydrogen-bond acceptors (Lipinski definition) is 9. The summed E-state index contributed by atoms with van der Waals surface area (Å²) in [6.45, 7) is -0.301. The third kappa shape index (κ3) is 4.94. The normalized spacial score (nSPS) is 29.2. The Morgan fingerprint density at radius 2 is 1.80 bits per heavy atom. The van der Waals surface area contributed by atoms with E-state index in [0.29, 0.717) is 5.82 Å². The van der Waals surface area contributed by atoms with Gasteiger partial charge in [0.2, 0.25) is 0 Å². The van der Waals surface area contributed by atoms with Crippen LogP contribution in [-0.2, 0) is 14.0 Å². The number of hydrogen-bond donors (Lipinski definition) is 6. The molecule has 2 aliphatic rings. The Kier molecular flexibility index (Phi) is 6.70. The van der Waals surface area contributed by atoms with Gasteiger partial charge in [0.1, 0.15) is 36.8 Å². The fourth-order valence-electron chi connectivity index (χ4n) is 2.99. The molecule has 0 unspecified atom stereocenters. The molecule has 2 amide bonds. The Balaban J connectivity index is 1.58. The summed E-state index contributed by atoms with van der Waals surface area (Å²) in [5.41, 5.74) is 0.277. The summed E-state index contributed by atoms with van der Waals surface area (Å²) < 4.78 is 27.0. The molecule has 0 aliphatic carbocycles. The number of imide groups is 1. The fourth-order valence-corrected chi connectivity index (χ4v) is 3.38. The van der Waals surface area contributed by atoms with Gasteiger partial charge in [0.25, 0.3) is 11.8 Å². The van der Waals surface area contributed by atoms with Crippen LogP contribution >= 0.6 is 7.60 Å². The zero-order valence-corrected chi connectivity index (χ0v) is 16.2. The second-order valence-corrected chi connectivity index (χ2v) is 8.03. The molecule has 6 N–H and O–H groups in total. The summed E-state index contributed by atoms with van der Waals surface area (Å²) in [7, 11) is -4.52. The van der Waals surface area contributed by atoms with Crippen molar-refractivity contribution in [1.82, 2.24) is 5.32 Å². The van der Waals surface area contributed by atoms with E-state index in [9.17, 15) is 29.5 Å². The van der Waals surface area contributed by atoms with E-state index in [1.165, 1.54) is 18.2 Å². The maximum Gasteiger partial charge on any atom is 0.348 e. The number of carbonyl (C=O) groups is 2. The molecule has 0 saturated carbocycles. The minimum Gasteiger partial charge on any atom is -0.490 e. The molecule has 164 valence electrons. The monoisotopic (exact) mass is 445 g/mol. The zero-order chi connectivity index (χ0) is 22.1. The van der Waals surface area contributed by atoms with Gasteiger partial charge in [0, 0.05) is 5.82 Å². The summed E-state index contributed by atoms with van der Waals surface area (Å²) in [6.07, 6.45) is -6.86. The highest BCUT2D eigenvalue weighted by atomic mass is 31.2. The molecule has 0 spiro atoms. The third-order valence-corrected chi connectivity index (χ3v) is 4.98. The Morgan fingerprint density at radius 1 is 1.07 bits per heavy atom. The highest BCUT2D eigenvalue weighted by Crippen LogP contribution is 2.37. The molecule has 13 heteroatoms. The molecule has 2 aliphatic heterocycles. The van der Waals surface area contributed by atoms with Gasteiger partial charge in [-0.25, -0.2) is 0 Å². The van der Waals surface area contributed by atoms with Crippen molar-refractivity contribution in [2.75, 3.05) is 13.2 Å². The quantitative estimate of drug-likeness (QED) is 0.162. The number of amides is 2. The maximum atomic E-state index is 11.8. The van der Waals surface area contributed by atoms with Gasteiger partial charge in [0.05, 0.1) is 17.7 Å². The van der Waals surface area contributed by atoms with E-state index in [4.69, 9.17) is 24.0 Å². The number of aliphatic hydroxyl groups excluding tert-OH is 3. The van der Waals surface area contributed by atoms with E-state index >= 15 is 0 Å². The second kappa shape index (κ2) is 8.92. The van der Waals surface area contributed by atoms with E-state index in [-0.39, 0.29) is 30.1 Å². The smallest absolute Gasteiger partial charge is 0.348 e. The van der Waals surface area contributed by atoms with Gasteiger partial charge in [-0.1, -0.05) is 6.07 Å². The number of nitrogens with one attached hydrogen (secondary N) is 1. The lowest BCUT2D eigenvalue weighted by atomic mass is 9.99. The van der Waals surface area contributed by atoms with Crippen molar-refractivity contribution in [3.8, 4) is 5.75 Å². The van der Waals surface area contributed by atoms with Gasteiger partial charge in [-0.3, -0.25) is 19.5 Å². The first-order chi connectivity index (χ1) is 14.1. The van der Waals surface area contributed by atoms with E-state index in [0.717, 1.165) is 6.08 Å². The lowest BCUT2D eigenvalue weighted by Crippen LogP contribution is -2.57. The van der Waals surface area contributed by atoms with Crippen LogP contribution in [0.4, 0.5) is 0 Å². The molecular formula is C17H20NO11P. The molecule has 1 aromatic carbocycles. The number of aliphatic hydroxyl groups is 3. The van der Waals surface area contributed by atoms with Crippen molar-refractivity contribution in [3.05, 3.63) is 41.2 Å². The van der Waals surface area contributed by atoms with E-state index in [1.807, 2.05) is 0 Å². The Morgan fingerprint density at radius 3 is 2.50 bits per heavy atom. The molecule has 3 rings (SSSR count). The molecule has 1 aromatic rings. The predicted octanol–water partition coefficient (Wildman–Crippen LogP) is -1.54. The van der Waals surface area contributed by atoms with Crippen LogP contribution in [0.15, 0.2) is 30.1 Å². The molecule has 0 bridgehead atoms. The van der Waals surface area contributed by atoms with Crippen molar-refractivity contribution in [3.63, 3.8) is 0 Å². The first-order valence-electron chi connectivity index (χ1n) is 8.76. The number of carbonyl (C=O) groups excluding carboxylic acids is 2. The number of rotatable bonds is 7. The summed E-state index contributed by atoms with van der Waals surface area (Å²) in [4.78, 5) is 41.3. The standard InChI is InChI=1S/C17H20NO11P/c19-12-10(4-7-30(24,25)26)29-17(14(21)13(12)20)28-6-5-27-9-3-1-2-8-11(9)16(23)18-15(8)22/h1-4,7,10,12-14,17,19-21H,5-6H2,(H,18,22,23)(H2,24,25,26)/t10-,12-,13+,14+,17+/m1/s1. The summed E-state index contributed by atoms with van der Waals surface area (Å²) in [5, 5.41) is 32.0. The highest BCUT2D eigenvalue weighted by Gasteiger charge is 2.43. The van der Waals surface area contributed by atoms with Gasteiger partial charge in [-0.15, -0.1) is 0 Å². The summed E-state index contributed by atoms with van der Waals surface area (Å²) >= 11 is 0. The average molecular weight is 445 g/mol. The number of ether oxygens (including phenoxy) is 3. The highest BCUT2D eigenvalue weighted by molar-refractivity contribution is 7.55. The molecule has 5 atom stereocenters. The van der Waals surface area contributed by atoms with Crippen LogP contribution in [0.3, 0.4) is 0 Å². The van der Waals surface area contributed by atoms with Crippen molar-refractivity contribution >= 4 is 19.4 Å². The van der Waals surface area contributed by atoms with Gasteiger partial charge >= 0.3 is 7.60 Å². The summed E-state index contributed by atoms with van der Waals surface area (Å²) in [6, 6.07) is 4.51. The minimum absolute atomic E-state index is 0.0950. The lowest BCUT2D eigenvalue weighted by molar-refractivity contribution is -0.288. The SMILES string of the molecule is O=C1NC(=O)c2c(OCCO[C@H]3O[C@H](C=CP(=O)(O)O)[C@@H](O)[C@H](O)[C@@H]3O)cccc21. The van der Waals surface area contributed by atoms with Crippen LogP contribution in [0.25, 0.3) is 0 Å². The second-order valence-electron chi connectivity index (χ2n) is 6.55. The lowest BCUT2D eigenvalue weighted by Gasteiger charge is -2.39. The topological polar surface area (TPSA) is 192 Å². The zero-order valence-electron chi connectivity index (χ0n) is 15.3. The average Bonchev–Trinajstić information content (AvgIpc) is 2.98. The van der Waals surface area contributed by atoms with Crippen LogP contribution in [0, 0.1) is 0 Å². The van der Waals surface area contributed by atoms with Crippen molar-refractivity contribution in [1.29, 1.82) is 0 Å². The first kappa shape index (κ1) is 22.5. The van der Waals surface area contributed by atoms with Gasteiger partial charge < -0.3 is 39.3 Å². The Bertz CT molecular complexity index is 898. The van der Waals surface area contributed by atoms with Crippen LogP contribution in [0.2, 0.25) is 0 Å². The van der Waals surface area contributed by atoms with Gasteiger partial charge in [-0.05, 0) is 18.2 Å². The molecule has 12 nitrogen and oxygen atoms in total. The minimum atomic E-state index is -4.52. The number of benzene rings is 1. The molecule has 0 aromatic heterocycles. The molecule has 30 heavy (non-hydrogen) atoms. The van der Waals surface area contributed by atoms with E-state index < -0.39 is 50.1 Å². The van der Waals surface area contributed by atoms with Gasteiger partial charge in [0.15, 0.2) is 6.29 Å². The van der Waals surface area contributed by atoms with Gasteiger partial charge in [-0.2, -0.15) is 0 Å². The largest absolute Gasteiger partial charge is 0.490 e. The molecule has 0 radical (unpaired) electrons. The van der Waals surface area contributed by atoms with Crippen LogP contribution in [0.1, 0.15) is 20.7 Å². The molecule has 2 heterocycles. The molecular weight excluding hydrogens is 425 g/mol. The van der Waals surface area contributed by atoms with Crippen molar-refractivity contribution in [2.24, 2.45) is 0 Å². The third-order valence-electron chi connectivity index (χ3n) is 4.42. The fraction of sp³-hybridized carbons (Fsp3) is 0.412. The van der Waals surface area contributed by atoms with Crippen LogP contribution < -0.4 is 10.1 Å². The predicted molar refractivity (Wildman–Crippen MR) is 97.6 cm³/mol. The maximum absolute atomic E-state index is 11.8. The summed E-state index contributed by atoms with van der Waals surface area (Å²) in [5.74, 6) is -0.456. The van der Waals surface area contributed by atoms with E-state index in [1.54, 1.807) is 0 Å². The van der Waals surface area contributed by atoms with E-state index in [2.05, 4.69) is 5.32 Å². The molecule has 1 saturated heterocycles. The van der Waals surface area contributed by atoms with Crippen LogP contribution in [-0.4, -0.2) is 80.8 Å². The Hall–Kier alpha value is -2.15.